The minimum Gasteiger partial charge on any atom is -0.506 e. The average Bonchev–Trinajstić information content (AvgIpc) is 2.75. The van der Waals surface area contributed by atoms with Gasteiger partial charge in [0.05, 0.1) is 11.1 Å². The Morgan fingerprint density at radius 2 is 2.22 bits per heavy atom. The van der Waals surface area contributed by atoms with Crippen molar-refractivity contribution in [3.05, 3.63) is 28.8 Å². The molecule has 1 aliphatic rings. The molecule has 1 amide bonds. The second-order valence-electron chi connectivity index (χ2n) is 4.63. The lowest BCUT2D eigenvalue weighted by Crippen LogP contribution is -2.32. The Bertz CT molecular complexity index is 450. The number of nitrogens with one attached hydrogen (secondary N) is 1. The summed E-state index contributed by atoms with van der Waals surface area (Å²) in [5.74, 6) is -0.142. The van der Waals surface area contributed by atoms with Gasteiger partial charge in [-0.2, -0.15) is 0 Å². The van der Waals surface area contributed by atoms with E-state index in [-0.39, 0.29) is 28.7 Å². The van der Waals surface area contributed by atoms with E-state index in [1.165, 1.54) is 18.2 Å². The largest absolute Gasteiger partial charge is 0.506 e. The lowest BCUT2D eigenvalue weighted by Gasteiger charge is -2.15. The first kappa shape index (κ1) is 13.2. The summed E-state index contributed by atoms with van der Waals surface area (Å²) < 4.78 is 0. The number of benzene rings is 1. The van der Waals surface area contributed by atoms with Gasteiger partial charge in [0.25, 0.3) is 5.91 Å². The number of phenols is 1. The van der Waals surface area contributed by atoms with Crippen LogP contribution in [0.25, 0.3) is 0 Å². The molecule has 1 fully saturated rings. The molecule has 18 heavy (non-hydrogen) atoms. The van der Waals surface area contributed by atoms with E-state index in [1.807, 2.05) is 0 Å². The van der Waals surface area contributed by atoms with Gasteiger partial charge < -0.3 is 15.5 Å². The standard InChI is InChI=1S/C13H16ClNO3/c14-10-6-8(4-5-12(10)17)13(18)15-7-9-2-1-3-11(9)16/h4-6,9,11,16-17H,1-3,7H2,(H,15,18). The molecule has 2 unspecified atom stereocenters. The number of aliphatic hydroxyl groups is 1. The monoisotopic (exact) mass is 269 g/mol. The van der Waals surface area contributed by atoms with Crippen LogP contribution in [0.5, 0.6) is 5.75 Å². The Balaban J connectivity index is 1.93. The van der Waals surface area contributed by atoms with E-state index in [4.69, 9.17) is 11.6 Å². The zero-order valence-corrected chi connectivity index (χ0v) is 10.7. The zero-order chi connectivity index (χ0) is 13.1. The summed E-state index contributed by atoms with van der Waals surface area (Å²) in [6.45, 7) is 0.471. The van der Waals surface area contributed by atoms with E-state index in [2.05, 4.69) is 5.32 Å². The number of hydrogen-bond donors (Lipinski definition) is 3. The van der Waals surface area contributed by atoms with Crippen molar-refractivity contribution in [2.45, 2.75) is 25.4 Å². The number of halogens is 1. The summed E-state index contributed by atoms with van der Waals surface area (Å²) in [7, 11) is 0. The summed E-state index contributed by atoms with van der Waals surface area (Å²) in [6.07, 6.45) is 2.45. The Hall–Kier alpha value is -1.26. The third kappa shape index (κ3) is 2.94. The highest BCUT2D eigenvalue weighted by Crippen LogP contribution is 2.25. The van der Waals surface area contributed by atoms with E-state index < -0.39 is 0 Å². The molecule has 0 aliphatic heterocycles. The van der Waals surface area contributed by atoms with E-state index in [0.29, 0.717) is 12.1 Å². The van der Waals surface area contributed by atoms with Crippen molar-refractivity contribution in [1.29, 1.82) is 0 Å². The molecule has 4 nitrogen and oxygen atoms in total. The topological polar surface area (TPSA) is 69.6 Å². The van der Waals surface area contributed by atoms with Crippen LogP contribution in [0.2, 0.25) is 5.02 Å². The molecule has 1 saturated carbocycles. The molecule has 5 heteroatoms. The minimum absolute atomic E-state index is 0.0422. The molecule has 0 spiro atoms. The summed E-state index contributed by atoms with van der Waals surface area (Å²) in [5, 5.41) is 21.8. The second-order valence-corrected chi connectivity index (χ2v) is 5.04. The highest BCUT2D eigenvalue weighted by molar-refractivity contribution is 6.32. The summed E-state index contributed by atoms with van der Waals surface area (Å²) in [5.41, 5.74) is 0.408. The molecule has 3 N–H and O–H groups in total. The molecule has 1 aromatic carbocycles. The highest BCUT2D eigenvalue weighted by atomic mass is 35.5. The smallest absolute Gasteiger partial charge is 0.251 e. The molecule has 0 aromatic heterocycles. The number of carbonyl (C=O) groups is 1. The molecule has 2 atom stereocenters. The van der Waals surface area contributed by atoms with Crippen LogP contribution in [0, 0.1) is 5.92 Å². The quantitative estimate of drug-likeness (QED) is 0.785. The van der Waals surface area contributed by atoms with E-state index in [0.717, 1.165) is 19.3 Å². The SMILES string of the molecule is O=C(NCC1CCCC1O)c1ccc(O)c(Cl)c1. The van der Waals surface area contributed by atoms with Gasteiger partial charge in [-0.1, -0.05) is 18.0 Å². The number of aliphatic hydroxyl groups excluding tert-OH is 1. The van der Waals surface area contributed by atoms with Crippen LogP contribution in [0.3, 0.4) is 0 Å². The van der Waals surface area contributed by atoms with Crippen molar-refractivity contribution in [2.24, 2.45) is 5.92 Å². The summed E-state index contributed by atoms with van der Waals surface area (Å²) in [6, 6.07) is 4.33. The number of phenolic OH excluding ortho intramolecular Hbond substituents is 1. The zero-order valence-electron chi connectivity index (χ0n) is 9.90. The molecule has 1 aromatic rings. The van der Waals surface area contributed by atoms with Crippen LogP contribution in [-0.4, -0.2) is 28.8 Å². The second kappa shape index (κ2) is 5.59. The fraction of sp³-hybridized carbons (Fsp3) is 0.462. The summed E-state index contributed by atoms with van der Waals surface area (Å²) in [4.78, 5) is 11.8. The molecule has 0 heterocycles. The maximum Gasteiger partial charge on any atom is 0.251 e. The van der Waals surface area contributed by atoms with Crippen molar-refractivity contribution < 1.29 is 15.0 Å². The maximum absolute atomic E-state index is 11.8. The van der Waals surface area contributed by atoms with E-state index in [1.54, 1.807) is 0 Å². The van der Waals surface area contributed by atoms with Gasteiger partial charge in [0.15, 0.2) is 0 Å². The molecule has 98 valence electrons. The van der Waals surface area contributed by atoms with Crippen molar-refractivity contribution >= 4 is 17.5 Å². The predicted octanol–water partition coefficient (Wildman–Crippen LogP) is 1.94. The third-order valence-electron chi connectivity index (χ3n) is 3.35. The molecule has 0 bridgehead atoms. The van der Waals surface area contributed by atoms with Crippen LogP contribution in [-0.2, 0) is 0 Å². The van der Waals surface area contributed by atoms with Gasteiger partial charge in [-0.15, -0.1) is 0 Å². The van der Waals surface area contributed by atoms with Crippen LogP contribution in [0.4, 0.5) is 0 Å². The van der Waals surface area contributed by atoms with Crippen LogP contribution in [0.15, 0.2) is 18.2 Å². The lowest BCUT2D eigenvalue weighted by molar-refractivity contribution is 0.0917. The van der Waals surface area contributed by atoms with Gasteiger partial charge in [0.2, 0.25) is 0 Å². The number of rotatable bonds is 3. The van der Waals surface area contributed by atoms with Crippen molar-refractivity contribution in [3.8, 4) is 5.75 Å². The number of amides is 1. The van der Waals surface area contributed by atoms with Gasteiger partial charge in [0, 0.05) is 18.0 Å². The first-order valence-corrected chi connectivity index (χ1v) is 6.40. The minimum atomic E-state index is -0.311. The molecule has 0 saturated heterocycles. The first-order chi connectivity index (χ1) is 8.58. The molecule has 2 rings (SSSR count). The van der Waals surface area contributed by atoms with Gasteiger partial charge in [0.1, 0.15) is 5.75 Å². The number of carbonyl (C=O) groups excluding carboxylic acids is 1. The van der Waals surface area contributed by atoms with Gasteiger partial charge >= 0.3 is 0 Å². The normalized spacial score (nSPS) is 23.0. The van der Waals surface area contributed by atoms with Crippen molar-refractivity contribution in [1.82, 2.24) is 5.32 Å². The number of aromatic hydroxyl groups is 1. The fourth-order valence-electron chi connectivity index (χ4n) is 2.23. The Labute approximate surface area is 111 Å². The van der Waals surface area contributed by atoms with Crippen molar-refractivity contribution in [3.63, 3.8) is 0 Å². The van der Waals surface area contributed by atoms with E-state index >= 15 is 0 Å². The highest BCUT2D eigenvalue weighted by Gasteiger charge is 2.25. The average molecular weight is 270 g/mol. The summed E-state index contributed by atoms with van der Waals surface area (Å²) >= 11 is 5.74. The van der Waals surface area contributed by atoms with E-state index in [9.17, 15) is 15.0 Å². The Morgan fingerprint density at radius 1 is 1.44 bits per heavy atom. The Kier molecular flexibility index (Phi) is 4.09. The number of hydrogen-bond acceptors (Lipinski definition) is 3. The van der Waals surface area contributed by atoms with Gasteiger partial charge in [-0.25, -0.2) is 0 Å². The first-order valence-electron chi connectivity index (χ1n) is 6.02. The van der Waals surface area contributed by atoms with Gasteiger partial charge in [-0.05, 0) is 31.0 Å². The van der Waals surface area contributed by atoms with Gasteiger partial charge in [-0.3, -0.25) is 4.79 Å². The third-order valence-corrected chi connectivity index (χ3v) is 3.66. The molecule has 0 radical (unpaired) electrons. The fourth-order valence-corrected chi connectivity index (χ4v) is 2.41. The Morgan fingerprint density at radius 3 is 2.83 bits per heavy atom. The predicted molar refractivity (Wildman–Crippen MR) is 68.8 cm³/mol. The van der Waals surface area contributed by atoms with Crippen LogP contribution < -0.4 is 5.32 Å². The van der Waals surface area contributed by atoms with Crippen LogP contribution in [0.1, 0.15) is 29.6 Å². The lowest BCUT2D eigenvalue weighted by atomic mass is 10.1. The molecule has 1 aliphatic carbocycles. The maximum atomic E-state index is 11.8. The van der Waals surface area contributed by atoms with Crippen molar-refractivity contribution in [2.75, 3.05) is 6.54 Å². The molecular weight excluding hydrogens is 254 g/mol. The molecular formula is C13H16ClNO3. The van der Waals surface area contributed by atoms with Crippen LogP contribution >= 0.6 is 11.6 Å².